The number of fused-ring (bicyclic) bond motifs is 1. The third kappa shape index (κ3) is 6.48. The number of hydrogen-bond donors (Lipinski definition) is 1. The third-order valence-corrected chi connectivity index (χ3v) is 13.4. The molecule has 2 amide bonds. The number of benzene rings is 3. The number of nitrogens with one attached hydrogen (secondary N) is 1. The Morgan fingerprint density at radius 3 is 2.29 bits per heavy atom. The Bertz CT molecular complexity index is 1520. The third-order valence-electron chi connectivity index (χ3n) is 8.38. The lowest BCUT2D eigenvalue weighted by Gasteiger charge is -2.41. The van der Waals surface area contributed by atoms with Crippen molar-refractivity contribution in [2.24, 2.45) is 0 Å². The average molecular weight is 610 g/mol. The lowest BCUT2D eigenvalue weighted by molar-refractivity contribution is 0.125. The van der Waals surface area contributed by atoms with Crippen molar-refractivity contribution in [3.63, 3.8) is 0 Å². The molecule has 0 unspecified atom stereocenters. The van der Waals surface area contributed by atoms with E-state index in [1.54, 1.807) is 21.7 Å². The highest BCUT2D eigenvalue weighted by atomic mass is 35.5. The van der Waals surface area contributed by atoms with Gasteiger partial charge in [0.15, 0.2) is 14.1 Å². The standard InChI is InChI=1S/C32H38Cl2N4O2Si/c1-32(2,3)41(4,5)40-27-19-15-24(16-20-27)35-31(39)37(26-10-8-9-23(34)21-26)30-28-11-6-7-12-29(28)36-38(30)25-17-13-22(33)14-18-25/h6-14,17-18,21,24,27H,15-16,19-20H2,1-5H3,(H,35,39)/t24-,27-. The summed E-state index contributed by atoms with van der Waals surface area (Å²) in [6, 6.07) is 22.4. The lowest BCUT2D eigenvalue weighted by atomic mass is 9.93. The molecule has 1 heterocycles. The van der Waals surface area contributed by atoms with Crippen LogP contribution in [0.1, 0.15) is 46.5 Å². The van der Waals surface area contributed by atoms with Crippen LogP contribution in [-0.4, -0.2) is 36.3 Å². The number of amides is 2. The number of rotatable bonds is 6. The van der Waals surface area contributed by atoms with Crippen molar-refractivity contribution in [3.8, 4) is 5.69 Å². The smallest absolute Gasteiger partial charge is 0.327 e. The van der Waals surface area contributed by atoms with Gasteiger partial charge in [0.25, 0.3) is 0 Å². The molecule has 1 aliphatic rings. The van der Waals surface area contributed by atoms with E-state index in [-0.39, 0.29) is 23.2 Å². The van der Waals surface area contributed by atoms with Crippen LogP contribution in [-0.2, 0) is 4.43 Å². The molecule has 0 atom stereocenters. The first-order valence-corrected chi connectivity index (χ1v) is 17.9. The molecule has 1 aromatic heterocycles. The average Bonchev–Trinajstić information content (AvgIpc) is 3.29. The molecule has 3 aromatic carbocycles. The molecule has 1 aliphatic carbocycles. The van der Waals surface area contributed by atoms with E-state index in [1.165, 1.54) is 0 Å². The number of aromatic nitrogens is 2. The molecule has 0 bridgehead atoms. The van der Waals surface area contributed by atoms with Gasteiger partial charge in [-0.3, -0.25) is 0 Å². The van der Waals surface area contributed by atoms with Crippen molar-refractivity contribution in [1.82, 2.24) is 15.1 Å². The Hall–Kier alpha value is -2.84. The van der Waals surface area contributed by atoms with Gasteiger partial charge in [-0.2, -0.15) is 5.10 Å². The van der Waals surface area contributed by atoms with Gasteiger partial charge in [-0.05, 0) is 98.4 Å². The van der Waals surface area contributed by atoms with E-state index in [2.05, 4.69) is 39.2 Å². The topological polar surface area (TPSA) is 59.4 Å². The number of nitrogens with zero attached hydrogens (tertiary/aromatic N) is 3. The summed E-state index contributed by atoms with van der Waals surface area (Å²) >= 11 is 12.6. The first-order valence-electron chi connectivity index (χ1n) is 14.2. The van der Waals surface area contributed by atoms with E-state index >= 15 is 0 Å². The fourth-order valence-corrected chi connectivity index (χ4v) is 6.84. The van der Waals surface area contributed by atoms with Crippen molar-refractivity contribution in [2.75, 3.05) is 4.90 Å². The summed E-state index contributed by atoms with van der Waals surface area (Å²) in [5.74, 6) is 0.637. The number of carbonyl (C=O) groups is 1. The van der Waals surface area contributed by atoms with Crippen LogP contribution >= 0.6 is 23.2 Å². The molecular formula is C32H38Cl2N4O2Si. The van der Waals surface area contributed by atoms with Crippen LogP contribution in [0.15, 0.2) is 72.8 Å². The van der Waals surface area contributed by atoms with Crippen LogP contribution in [0.25, 0.3) is 16.6 Å². The monoisotopic (exact) mass is 608 g/mol. The maximum absolute atomic E-state index is 14.2. The minimum atomic E-state index is -1.84. The van der Waals surface area contributed by atoms with E-state index in [0.29, 0.717) is 21.6 Å². The maximum Gasteiger partial charge on any atom is 0.327 e. The summed E-state index contributed by atoms with van der Waals surface area (Å²) in [5, 5.41) is 10.4. The highest BCUT2D eigenvalue weighted by Crippen LogP contribution is 2.40. The maximum atomic E-state index is 14.2. The molecular weight excluding hydrogens is 571 g/mol. The second-order valence-corrected chi connectivity index (χ2v) is 18.0. The van der Waals surface area contributed by atoms with Crippen LogP contribution in [0.3, 0.4) is 0 Å². The molecule has 0 saturated heterocycles. The van der Waals surface area contributed by atoms with Gasteiger partial charge in [-0.1, -0.05) is 62.2 Å². The van der Waals surface area contributed by atoms with E-state index < -0.39 is 8.32 Å². The predicted molar refractivity (Wildman–Crippen MR) is 173 cm³/mol. The molecule has 5 rings (SSSR count). The highest BCUT2D eigenvalue weighted by Gasteiger charge is 2.40. The van der Waals surface area contributed by atoms with Crippen molar-refractivity contribution >= 4 is 60.0 Å². The zero-order valence-corrected chi connectivity index (χ0v) is 26.8. The summed E-state index contributed by atoms with van der Waals surface area (Å²) < 4.78 is 8.48. The molecule has 0 radical (unpaired) electrons. The number of halogens is 2. The van der Waals surface area contributed by atoms with Gasteiger partial charge in [-0.15, -0.1) is 0 Å². The second kappa shape index (κ2) is 11.8. The number of hydrogen-bond acceptors (Lipinski definition) is 3. The van der Waals surface area contributed by atoms with Gasteiger partial charge in [-0.25, -0.2) is 14.4 Å². The summed E-state index contributed by atoms with van der Waals surface area (Å²) in [7, 11) is -1.84. The Morgan fingerprint density at radius 2 is 1.63 bits per heavy atom. The fourth-order valence-electron chi connectivity index (χ4n) is 5.11. The van der Waals surface area contributed by atoms with E-state index in [0.717, 1.165) is 42.3 Å². The van der Waals surface area contributed by atoms with Crippen molar-refractivity contribution < 1.29 is 9.22 Å². The zero-order valence-electron chi connectivity index (χ0n) is 24.3. The van der Waals surface area contributed by atoms with Crippen molar-refractivity contribution in [3.05, 3.63) is 82.8 Å². The molecule has 1 fully saturated rings. The SMILES string of the molecule is CC(C)(C)[Si](C)(C)O[C@H]1CC[C@H](NC(=O)N(c2cccc(Cl)c2)c2c3ccccc3nn2-c2ccc(Cl)cc2)CC1. The molecule has 0 aliphatic heterocycles. The van der Waals surface area contributed by atoms with Crippen molar-refractivity contribution in [2.45, 2.75) is 76.7 Å². The van der Waals surface area contributed by atoms with E-state index in [4.69, 9.17) is 32.7 Å². The molecule has 1 saturated carbocycles. The molecule has 9 heteroatoms. The molecule has 41 heavy (non-hydrogen) atoms. The normalized spacial score (nSPS) is 17.9. The van der Waals surface area contributed by atoms with Crippen LogP contribution in [0, 0.1) is 0 Å². The molecule has 6 nitrogen and oxygen atoms in total. The molecule has 216 valence electrons. The van der Waals surface area contributed by atoms with Crippen LogP contribution < -0.4 is 10.2 Å². The predicted octanol–water partition coefficient (Wildman–Crippen LogP) is 9.51. The molecule has 1 N–H and O–H groups in total. The number of anilines is 2. The lowest BCUT2D eigenvalue weighted by Crippen LogP contribution is -2.48. The summed E-state index contributed by atoms with van der Waals surface area (Å²) in [6.07, 6.45) is 3.83. The Morgan fingerprint density at radius 1 is 0.951 bits per heavy atom. The van der Waals surface area contributed by atoms with Crippen LogP contribution in [0.4, 0.5) is 16.3 Å². The first kappa shape index (κ1) is 29.6. The number of urea groups is 1. The molecule has 0 spiro atoms. The van der Waals surface area contributed by atoms with Crippen LogP contribution in [0.2, 0.25) is 28.2 Å². The van der Waals surface area contributed by atoms with Gasteiger partial charge in [0.1, 0.15) is 0 Å². The largest absolute Gasteiger partial charge is 0.414 e. The summed E-state index contributed by atoms with van der Waals surface area (Å²) in [6.45, 7) is 11.4. The Kier molecular flexibility index (Phi) is 8.53. The minimum Gasteiger partial charge on any atom is -0.414 e. The second-order valence-electron chi connectivity index (χ2n) is 12.3. The summed E-state index contributed by atoms with van der Waals surface area (Å²) in [5.41, 5.74) is 2.23. The Labute approximate surface area is 253 Å². The quantitative estimate of drug-likeness (QED) is 0.222. The first-order chi connectivity index (χ1) is 19.4. The Balaban J connectivity index is 1.46. The van der Waals surface area contributed by atoms with Gasteiger partial charge in [0.05, 0.1) is 16.9 Å². The van der Waals surface area contributed by atoms with Crippen molar-refractivity contribution in [1.29, 1.82) is 0 Å². The van der Waals surface area contributed by atoms with Gasteiger partial charge in [0.2, 0.25) is 0 Å². The van der Waals surface area contributed by atoms with Crippen LogP contribution in [0.5, 0.6) is 0 Å². The van der Waals surface area contributed by atoms with Gasteiger partial charge >= 0.3 is 6.03 Å². The van der Waals surface area contributed by atoms with Gasteiger partial charge < -0.3 is 9.74 Å². The molecule has 4 aromatic rings. The van der Waals surface area contributed by atoms with E-state index in [1.807, 2.05) is 60.7 Å². The summed E-state index contributed by atoms with van der Waals surface area (Å²) in [4.78, 5) is 15.9. The van der Waals surface area contributed by atoms with Gasteiger partial charge in [0, 0.05) is 27.6 Å². The minimum absolute atomic E-state index is 0.0432. The van der Waals surface area contributed by atoms with E-state index in [9.17, 15) is 4.79 Å². The number of carbonyl (C=O) groups excluding carboxylic acids is 1. The highest BCUT2D eigenvalue weighted by molar-refractivity contribution is 6.74. The zero-order chi connectivity index (χ0) is 29.4. The fraction of sp³-hybridized carbons (Fsp3) is 0.375.